The van der Waals surface area contributed by atoms with Crippen molar-refractivity contribution < 1.29 is 0 Å². The van der Waals surface area contributed by atoms with E-state index in [0.717, 1.165) is 17.1 Å². The molecule has 0 saturated carbocycles. The molecule has 5 heteroatoms. The monoisotopic (exact) mass is 232 g/mol. The van der Waals surface area contributed by atoms with Crippen LogP contribution in [0.5, 0.6) is 0 Å². The molecule has 2 heterocycles. The van der Waals surface area contributed by atoms with Gasteiger partial charge < -0.3 is 5.73 Å². The predicted molar refractivity (Wildman–Crippen MR) is 66.7 cm³/mol. The van der Waals surface area contributed by atoms with E-state index in [1.54, 1.807) is 12.3 Å². The van der Waals surface area contributed by atoms with E-state index in [1.807, 2.05) is 30.7 Å². The molecule has 2 rings (SSSR count). The van der Waals surface area contributed by atoms with Crippen molar-refractivity contribution in [2.75, 3.05) is 0 Å². The van der Waals surface area contributed by atoms with E-state index in [0.29, 0.717) is 10.7 Å². The Balaban J connectivity index is 2.42. The highest BCUT2D eigenvalue weighted by Gasteiger charge is 2.04. The fourth-order valence-electron chi connectivity index (χ4n) is 1.55. The van der Waals surface area contributed by atoms with Gasteiger partial charge in [0.25, 0.3) is 0 Å². The number of hydrogen-bond acceptors (Lipinski definition) is 3. The molecule has 16 heavy (non-hydrogen) atoms. The van der Waals surface area contributed by atoms with Crippen LogP contribution in [0, 0.1) is 13.8 Å². The minimum atomic E-state index is 0.305. The highest BCUT2D eigenvalue weighted by Crippen LogP contribution is 2.11. The van der Waals surface area contributed by atoms with Gasteiger partial charge in [-0.25, -0.2) is 4.68 Å². The summed E-state index contributed by atoms with van der Waals surface area (Å²) in [4.78, 5) is 4.48. The summed E-state index contributed by atoms with van der Waals surface area (Å²) < 4.78 is 1.84. The lowest BCUT2D eigenvalue weighted by atomic mass is 10.3. The number of nitrogens with zero attached hydrogens (tertiary/aromatic N) is 3. The molecule has 0 spiro atoms. The Bertz CT molecular complexity index is 527. The standard InChI is InChI=1S/C11H12N4S/c1-7-5-8(2)15(14-7)9-3-4-10(11(12)16)13-6-9/h3-6H,1-2H3,(H2,12,16). The van der Waals surface area contributed by atoms with Gasteiger partial charge in [0.15, 0.2) is 0 Å². The molecule has 0 bridgehead atoms. The van der Waals surface area contributed by atoms with Gasteiger partial charge in [0.2, 0.25) is 0 Å². The Morgan fingerprint density at radius 3 is 2.56 bits per heavy atom. The number of aromatic nitrogens is 3. The Hall–Kier alpha value is -1.75. The molecular weight excluding hydrogens is 220 g/mol. The van der Waals surface area contributed by atoms with Crippen molar-refractivity contribution in [1.82, 2.24) is 14.8 Å². The van der Waals surface area contributed by atoms with Crippen LogP contribution < -0.4 is 5.73 Å². The summed E-state index contributed by atoms with van der Waals surface area (Å²) >= 11 is 4.84. The van der Waals surface area contributed by atoms with E-state index >= 15 is 0 Å². The van der Waals surface area contributed by atoms with Crippen LogP contribution in [0.4, 0.5) is 0 Å². The third-order valence-electron chi connectivity index (χ3n) is 2.25. The second-order valence-electron chi connectivity index (χ2n) is 3.60. The summed E-state index contributed by atoms with van der Waals surface area (Å²) in [5, 5.41) is 4.37. The van der Waals surface area contributed by atoms with Crippen LogP contribution in [-0.2, 0) is 0 Å². The van der Waals surface area contributed by atoms with Crippen molar-refractivity contribution in [1.29, 1.82) is 0 Å². The predicted octanol–water partition coefficient (Wildman–Crippen LogP) is 1.52. The lowest BCUT2D eigenvalue weighted by molar-refractivity contribution is 0.828. The molecule has 0 fully saturated rings. The minimum absolute atomic E-state index is 0.305. The van der Waals surface area contributed by atoms with Gasteiger partial charge in [-0.2, -0.15) is 5.10 Å². The summed E-state index contributed by atoms with van der Waals surface area (Å²) in [5.74, 6) is 0. The molecule has 0 unspecified atom stereocenters. The molecule has 2 aromatic heterocycles. The van der Waals surface area contributed by atoms with Crippen LogP contribution in [0.3, 0.4) is 0 Å². The normalized spacial score (nSPS) is 10.4. The zero-order valence-corrected chi connectivity index (χ0v) is 9.95. The second kappa shape index (κ2) is 4.02. The number of pyridine rings is 1. The van der Waals surface area contributed by atoms with Gasteiger partial charge in [0.1, 0.15) is 4.99 Å². The van der Waals surface area contributed by atoms with E-state index in [4.69, 9.17) is 18.0 Å². The van der Waals surface area contributed by atoms with Crippen molar-refractivity contribution in [3.63, 3.8) is 0 Å². The van der Waals surface area contributed by atoms with Crippen LogP contribution in [0.25, 0.3) is 5.69 Å². The lowest BCUT2D eigenvalue weighted by Crippen LogP contribution is -2.11. The first-order chi connectivity index (χ1) is 7.58. The van der Waals surface area contributed by atoms with Crippen molar-refractivity contribution >= 4 is 17.2 Å². The van der Waals surface area contributed by atoms with Crippen LogP contribution >= 0.6 is 12.2 Å². The molecule has 0 radical (unpaired) electrons. The highest BCUT2D eigenvalue weighted by molar-refractivity contribution is 7.80. The second-order valence-corrected chi connectivity index (χ2v) is 4.04. The Morgan fingerprint density at radius 2 is 2.12 bits per heavy atom. The molecule has 82 valence electrons. The largest absolute Gasteiger partial charge is 0.388 e. The zero-order valence-electron chi connectivity index (χ0n) is 9.14. The van der Waals surface area contributed by atoms with Crippen LogP contribution in [0.15, 0.2) is 24.4 Å². The molecule has 0 aliphatic rings. The van der Waals surface area contributed by atoms with Crippen molar-refractivity contribution in [2.24, 2.45) is 5.73 Å². The topological polar surface area (TPSA) is 56.7 Å². The third-order valence-corrected chi connectivity index (χ3v) is 2.46. The number of thiocarbonyl (C=S) groups is 1. The first kappa shape index (κ1) is 10.8. The van der Waals surface area contributed by atoms with Crippen LogP contribution in [0.2, 0.25) is 0 Å². The Labute approximate surface area is 99.1 Å². The molecule has 0 aliphatic heterocycles. The van der Waals surface area contributed by atoms with Gasteiger partial charge in [-0.05, 0) is 32.0 Å². The fraction of sp³-hybridized carbons (Fsp3) is 0.182. The summed E-state index contributed by atoms with van der Waals surface area (Å²) in [6.07, 6.45) is 1.72. The molecule has 0 aromatic carbocycles. The van der Waals surface area contributed by atoms with E-state index in [-0.39, 0.29) is 0 Å². The van der Waals surface area contributed by atoms with Gasteiger partial charge in [0.05, 0.1) is 23.3 Å². The summed E-state index contributed by atoms with van der Waals surface area (Å²) in [5.41, 5.74) is 9.07. The smallest absolute Gasteiger partial charge is 0.122 e. The molecule has 4 nitrogen and oxygen atoms in total. The molecule has 2 aromatic rings. The third kappa shape index (κ3) is 1.94. The maximum atomic E-state index is 5.48. The van der Waals surface area contributed by atoms with Crippen molar-refractivity contribution in [3.8, 4) is 5.69 Å². The number of nitrogens with two attached hydrogens (primary N) is 1. The number of rotatable bonds is 2. The average molecular weight is 232 g/mol. The maximum Gasteiger partial charge on any atom is 0.122 e. The summed E-state index contributed by atoms with van der Waals surface area (Å²) in [6, 6.07) is 5.72. The molecule has 2 N–H and O–H groups in total. The minimum Gasteiger partial charge on any atom is -0.388 e. The van der Waals surface area contributed by atoms with Crippen molar-refractivity contribution in [2.45, 2.75) is 13.8 Å². The SMILES string of the molecule is Cc1cc(C)n(-c2ccc(C(N)=S)nc2)n1. The van der Waals surface area contributed by atoms with Gasteiger partial charge in [-0.15, -0.1) is 0 Å². The molecular formula is C11H12N4S. The van der Waals surface area contributed by atoms with Gasteiger partial charge in [-0.1, -0.05) is 12.2 Å². The van der Waals surface area contributed by atoms with Crippen LogP contribution in [0.1, 0.15) is 17.1 Å². The molecule has 0 atom stereocenters. The Kier molecular flexibility index (Phi) is 2.70. The molecule has 0 saturated heterocycles. The summed E-state index contributed by atoms with van der Waals surface area (Å²) in [6.45, 7) is 3.96. The van der Waals surface area contributed by atoms with Gasteiger partial charge in [0, 0.05) is 5.69 Å². The van der Waals surface area contributed by atoms with Crippen LogP contribution in [-0.4, -0.2) is 19.8 Å². The average Bonchev–Trinajstić information content (AvgIpc) is 2.58. The molecule has 0 amide bonds. The first-order valence-corrected chi connectivity index (χ1v) is 5.28. The number of aryl methyl sites for hydroxylation is 2. The zero-order chi connectivity index (χ0) is 11.7. The quantitative estimate of drug-likeness (QED) is 0.798. The maximum absolute atomic E-state index is 5.48. The van der Waals surface area contributed by atoms with Gasteiger partial charge in [-0.3, -0.25) is 4.98 Å². The van der Waals surface area contributed by atoms with E-state index < -0.39 is 0 Å². The number of hydrogen-bond donors (Lipinski definition) is 1. The first-order valence-electron chi connectivity index (χ1n) is 4.87. The Morgan fingerprint density at radius 1 is 1.38 bits per heavy atom. The fourth-order valence-corrected chi connectivity index (χ4v) is 1.67. The van der Waals surface area contributed by atoms with E-state index in [9.17, 15) is 0 Å². The molecule has 0 aliphatic carbocycles. The lowest BCUT2D eigenvalue weighted by Gasteiger charge is -2.04. The van der Waals surface area contributed by atoms with Gasteiger partial charge >= 0.3 is 0 Å². The summed E-state index contributed by atoms with van der Waals surface area (Å²) in [7, 11) is 0. The van der Waals surface area contributed by atoms with E-state index in [2.05, 4.69) is 10.1 Å². The van der Waals surface area contributed by atoms with Crippen molar-refractivity contribution in [3.05, 3.63) is 41.5 Å². The highest BCUT2D eigenvalue weighted by atomic mass is 32.1. The van der Waals surface area contributed by atoms with E-state index in [1.165, 1.54) is 0 Å².